The van der Waals surface area contributed by atoms with E-state index in [-0.39, 0.29) is 43.2 Å². The molecule has 2 aromatic carbocycles. The van der Waals surface area contributed by atoms with E-state index in [0.29, 0.717) is 17.0 Å². The highest BCUT2D eigenvalue weighted by Crippen LogP contribution is 2.30. The van der Waals surface area contributed by atoms with Gasteiger partial charge < -0.3 is 15.4 Å². The van der Waals surface area contributed by atoms with E-state index in [1.165, 1.54) is 0 Å². The van der Waals surface area contributed by atoms with Gasteiger partial charge in [0.2, 0.25) is 15.9 Å². The van der Waals surface area contributed by atoms with Gasteiger partial charge in [-0.15, -0.1) is 0 Å². The lowest BCUT2D eigenvalue weighted by Crippen LogP contribution is -2.36. The molecule has 0 unspecified atom stereocenters. The summed E-state index contributed by atoms with van der Waals surface area (Å²) in [5.41, 5.74) is 1.08. The maximum Gasteiger partial charge on any atom is 0.251 e. The van der Waals surface area contributed by atoms with Crippen LogP contribution in [-0.4, -0.2) is 45.7 Å². The Bertz CT molecular complexity index is 958. The van der Waals surface area contributed by atoms with Gasteiger partial charge in [-0.05, 0) is 49.2 Å². The lowest BCUT2D eigenvalue weighted by Gasteiger charge is -2.10. The number of carbonyl (C=O) groups is 2. The lowest BCUT2D eigenvalue weighted by atomic mass is 10.2. The number of anilines is 1. The third-order valence-electron chi connectivity index (χ3n) is 4.46. The molecule has 0 heterocycles. The minimum atomic E-state index is -3.50. The lowest BCUT2D eigenvalue weighted by molar-refractivity contribution is -0.117. The first-order valence-electron chi connectivity index (χ1n) is 9.77. The first-order chi connectivity index (χ1) is 14.4. The van der Waals surface area contributed by atoms with Gasteiger partial charge in [0, 0.05) is 30.3 Å². The summed E-state index contributed by atoms with van der Waals surface area (Å²) < 4.78 is 31.8. The van der Waals surface area contributed by atoms with Crippen molar-refractivity contribution in [3.8, 4) is 5.75 Å². The monoisotopic (exact) mass is 431 g/mol. The van der Waals surface area contributed by atoms with Gasteiger partial charge in [0.1, 0.15) is 12.4 Å². The fraction of sp³-hybridized carbons (Fsp3) is 0.333. The summed E-state index contributed by atoms with van der Waals surface area (Å²) in [6, 6.07) is 15.5. The third-order valence-corrected chi connectivity index (χ3v) is 5.81. The van der Waals surface area contributed by atoms with Gasteiger partial charge in [-0.3, -0.25) is 9.59 Å². The number of rotatable bonds is 11. The fourth-order valence-corrected chi connectivity index (χ4v) is 3.50. The molecule has 9 heteroatoms. The molecule has 0 spiro atoms. The zero-order chi connectivity index (χ0) is 21.4. The summed E-state index contributed by atoms with van der Waals surface area (Å²) in [5.74, 6) is 0.235. The number of benzene rings is 2. The van der Waals surface area contributed by atoms with E-state index < -0.39 is 10.0 Å². The summed E-state index contributed by atoms with van der Waals surface area (Å²) in [6.07, 6.45) is 1.85. The summed E-state index contributed by atoms with van der Waals surface area (Å²) in [6.45, 7) is 0.266. The molecule has 0 aliphatic heterocycles. The minimum absolute atomic E-state index is 0.00801. The highest BCUT2D eigenvalue weighted by molar-refractivity contribution is 7.89. The van der Waals surface area contributed by atoms with Crippen LogP contribution in [0.1, 0.15) is 23.2 Å². The van der Waals surface area contributed by atoms with Gasteiger partial charge in [0.25, 0.3) is 5.91 Å². The molecule has 1 aliphatic carbocycles. The minimum Gasteiger partial charge on any atom is -0.492 e. The van der Waals surface area contributed by atoms with E-state index in [2.05, 4.69) is 15.4 Å². The molecule has 0 aromatic heterocycles. The van der Waals surface area contributed by atoms with E-state index in [1.807, 2.05) is 18.2 Å². The zero-order valence-corrected chi connectivity index (χ0v) is 17.3. The Morgan fingerprint density at radius 2 is 1.67 bits per heavy atom. The third kappa shape index (κ3) is 7.16. The molecule has 30 heavy (non-hydrogen) atoms. The average Bonchev–Trinajstić information content (AvgIpc) is 3.58. The zero-order valence-electron chi connectivity index (χ0n) is 16.5. The predicted octanol–water partition coefficient (Wildman–Crippen LogP) is 1.76. The SMILES string of the molecule is O=C(NCCNS(=O)(=O)CCOc1ccccc1)c1ccc(NC(=O)C2CC2)cc1. The summed E-state index contributed by atoms with van der Waals surface area (Å²) in [4.78, 5) is 23.9. The summed E-state index contributed by atoms with van der Waals surface area (Å²) in [7, 11) is -3.50. The van der Waals surface area contributed by atoms with Gasteiger partial charge >= 0.3 is 0 Å². The Labute approximate surface area is 176 Å². The average molecular weight is 432 g/mol. The first-order valence-corrected chi connectivity index (χ1v) is 11.4. The van der Waals surface area contributed by atoms with Crippen LogP contribution in [0, 0.1) is 5.92 Å². The molecule has 0 saturated heterocycles. The van der Waals surface area contributed by atoms with Crippen molar-refractivity contribution in [2.24, 2.45) is 5.92 Å². The molecular formula is C21H25N3O5S. The van der Waals surface area contributed by atoms with Crippen molar-refractivity contribution in [2.45, 2.75) is 12.8 Å². The summed E-state index contributed by atoms with van der Waals surface area (Å²) in [5, 5.41) is 5.47. The number of hydrogen-bond acceptors (Lipinski definition) is 5. The van der Waals surface area contributed by atoms with Crippen molar-refractivity contribution in [3.63, 3.8) is 0 Å². The Kier molecular flexibility index (Phi) is 7.42. The first kappa shape index (κ1) is 21.8. The number of sulfonamides is 1. The van der Waals surface area contributed by atoms with Crippen molar-refractivity contribution in [1.29, 1.82) is 0 Å². The van der Waals surface area contributed by atoms with Gasteiger partial charge in [-0.2, -0.15) is 0 Å². The van der Waals surface area contributed by atoms with Crippen LogP contribution in [0.3, 0.4) is 0 Å². The number of para-hydroxylation sites is 1. The summed E-state index contributed by atoms with van der Waals surface area (Å²) >= 11 is 0. The van der Waals surface area contributed by atoms with Gasteiger partial charge in [-0.1, -0.05) is 18.2 Å². The van der Waals surface area contributed by atoms with Gasteiger partial charge in [0.05, 0.1) is 5.75 Å². The normalized spacial score (nSPS) is 13.5. The standard InChI is InChI=1S/C21H25N3O5S/c25-20(16-8-10-18(11-9-16)24-21(26)17-6-7-17)22-12-13-23-30(27,28)15-14-29-19-4-2-1-3-5-19/h1-5,8-11,17,23H,6-7,12-15H2,(H,22,25)(H,24,26). The van der Waals surface area contributed by atoms with Gasteiger partial charge in [0.15, 0.2) is 0 Å². The van der Waals surface area contributed by atoms with Crippen molar-refractivity contribution >= 4 is 27.5 Å². The van der Waals surface area contributed by atoms with E-state index >= 15 is 0 Å². The molecule has 3 rings (SSSR count). The molecule has 1 saturated carbocycles. The van der Waals surface area contributed by atoms with Crippen molar-refractivity contribution in [3.05, 3.63) is 60.2 Å². The van der Waals surface area contributed by atoms with Crippen molar-refractivity contribution in [2.75, 3.05) is 30.8 Å². The van der Waals surface area contributed by atoms with E-state index in [9.17, 15) is 18.0 Å². The van der Waals surface area contributed by atoms with E-state index in [1.54, 1.807) is 36.4 Å². The highest BCUT2D eigenvalue weighted by Gasteiger charge is 2.29. The number of nitrogens with one attached hydrogen (secondary N) is 3. The Hall–Kier alpha value is -2.91. The Balaban J connectivity index is 1.33. The molecule has 2 amide bonds. The second-order valence-corrected chi connectivity index (χ2v) is 8.90. The second kappa shape index (κ2) is 10.2. The maximum atomic E-state index is 12.2. The molecule has 2 aromatic rings. The molecular weight excluding hydrogens is 406 g/mol. The molecule has 1 fully saturated rings. The number of amides is 2. The molecule has 1 aliphatic rings. The van der Waals surface area contributed by atoms with Crippen LogP contribution in [0.5, 0.6) is 5.75 Å². The quantitative estimate of drug-likeness (QED) is 0.469. The maximum absolute atomic E-state index is 12.2. The predicted molar refractivity (Wildman–Crippen MR) is 114 cm³/mol. The Morgan fingerprint density at radius 3 is 2.33 bits per heavy atom. The van der Waals surface area contributed by atoms with Crippen LogP contribution in [0.25, 0.3) is 0 Å². The molecule has 160 valence electrons. The number of hydrogen-bond donors (Lipinski definition) is 3. The topological polar surface area (TPSA) is 114 Å². The van der Waals surface area contributed by atoms with Crippen LogP contribution in [0.15, 0.2) is 54.6 Å². The molecule has 0 atom stereocenters. The highest BCUT2D eigenvalue weighted by atomic mass is 32.2. The molecule has 0 radical (unpaired) electrons. The fourth-order valence-electron chi connectivity index (χ4n) is 2.64. The largest absolute Gasteiger partial charge is 0.492 e. The van der Waals surface area contributed by atoms with Crippen molar-refractivity contribution < 1.29 is 22.7 Å². The van der Waals surface area contributed by atoms with Crippen LogP contribution in [-0.2, 0) is 14.8 Å². The van der Waals surface area contributed by atoms with E-state index in [4.69, 9.17) is 4.74 Å². The van der Waals surface area contributed by atoms with E-state index in [0.717, 1.165) is 12.8 Å². The van der Waals surface area contributed by atoms with Gasteiger partial charge in [-0.25, -0.2) is 13.1 Å². The molecule has 0 bridgehead atoms. The Morgan fingerprint density at radius 1 is 0.967 bits per heavy atom. The molecule has 8 nitrogen and oxygen atoms in total. The van der Waals surface area contributed by atoms with Crippen LogP contribution in [0.2, 0.25) is 0 Å². The van der Waals surface area contributed by atoms with Crippen molar-refractivity contribution in [1.82, 2.24) is 10.0 Å². The number of ether oxygens (including phenoxy) is 1. The second-order valence-electron chi connectivity index (χ2n) is 6.97. The molecule has 3 N–H and O–H groups in total. The number of carbonyl (C=O) groups excluding carboxylic acids is 2. The van der Waals surface area contributed by atoms with Crippen LogP contribution in [0.4, 0.5) is 5.69 Å². The smallest absolute Gasteiger partial charge is 0.251 e. The van der Waals surface area contributed by atoms with Crippen LogP contribution < -0.4 is 20.1 Å². The van der Waals surface area contributed by atoms with Crippen LogP contribution >= 0.6 is 0 Å².